The van der Waals surface area contributed by atoms with Crippen LogP contribution in [0.3, 0.4) is 0 Å². The molecule has 1 unspecified atom stereocenters. The summed E-state index contributed by atoms with van der Waals surface area (Å²) in [6.07, 6.45) is -5.16. The van der Waals surface area contributed by atoms with Gasteiger partial charge in [-0.15, -0.1) is 0 Å². The fourth-order valence-electron chi connectivity index (χ4n) is 1.50. The summed E-state index contributed by atoms with van der Waals surface area (Å²) in [7, 11) is 0. The van der Waals surface area contributed by atoms with Crippen molar-refractivity contribution in [2.24, 2.45) is 5.73 Å². The molecule has 1 aromatic carbocycles. The molecule has 1 atom stereocenters. The summed E-state index contributed by atoms with van der Waals surface area (Å²) in [4.78, 5) is 0. The monoisotopic (exact) mass is 251 g/mol. The topological polar surface area (TPSA) is 26.0 Å². The Labute approximate surface area is 97.4 Å². The second kappa shape index (κ2) is 5.06. The van der Waals surface area contributed by atoms with Gasteiger partial charge in [0.15, 0.2) is 0 Å². The zero-order chi connectivity index (χ0) is 12.3. The number of benzene rings is 1. The van der Waals surface area contributed by atoms with Gasteiger partial charge in [0.25, 0.3) is 0 Å². The summed E-state index contributed by atoms with van der Waals surface area (Å²) in [6.45, 7) is 1.76. The first kappa shape index (κ1) is 13.3. The van der Waals surface area contributed by atoms with Crippen LogP contribution in [0.2, 0.25) is 5.02 Å². The molecule has 0 heterocycles. The van der Waals surface area contributed by atoms with Crippen molar-refractivity contribution in [1.82, 2.24) is 0 Å². The summed E-state index contributed by atoms with van der Waals surface area (Å²) in [5.41, 5.74) is 7.14. The Morgan fingerprint density at radius 2 is 2.00 bits per heavy atom. The maximum Gasteiger partial charge on any atom is 0.389 e. The normalized spacial score (nSPS) is 13.9. The number of hydrogen-bond donors (Lipinski definition) is 1. The van der Waals surface area contributed by atoms with E-state index in [9.17, 15) is 13.2 Å². The Kier molecular flexibility index (Phi) is 4.21. The molecule has 0 fully saturated rings. The molecule has 1 rings (SSSR count). The first-order chi connectivity index (χ1) is 7.31. The van der Waals surface area contributed by atoms with Gasteiger partial charge in [0.1, 0.15) is 0 Å². The van der Waals surface area contributed by atoms with E-state index in [1.807, 2.05) is 0 Å². The van der Waals surface area contributed by atoms with E-state index in [-0.39, 0.29) is 6.42 Å². The van der Waals surface area contributed by atoms with Crippen molar-refractivity contribution >= 4 is 11.6 Å². The van der Waals surface area contributed by atoms with Gasteiger partial charge >= 0.3 is 6.18 Å². The average molecular weight is 252 g/mol. The van der Waals surface area contributed by atoms with Gasteiger partial charge in [0.2, 0.25) is 0 Å². The highest BCUT2D eigenvalue weighted by Gasteiger charge is 2.28. The molecule has 1 aromatic rings. The Morgan fingerprint density at radius 1 is 1.38 bits per heavy atom. The van der Waals surface area contributed by atoms with E-state index < -0.39 is 18.6 Å². The molecule has 0 aromatic heterocycles. The average Bonchev–Trinajstić information content (AvgIpc) is 2.17. The van der Waals surface area contributed by atoms with Crippen molar-refractivity contribution in [1.29, 1.82) is 0 Å². The van der Waals surface area contributed by atoms with Crippen LogP contribution in [0.25, 0.3) is 0 Å². The Hall–Kier alpha value is -0.740. The van der Waals surface area contributed by atoms with Crippen LogP contribution in [0.5, 0.6) is 0 Å². The maximum absolute atomic E-state index is 12.0. The summed E-state index contributed by atoms with van der Waals surface area (Å²) >= 11 is 5.87. The van der Waals surface area contributed by atoms with Gasteiger partial charge in [-0.05, 0) is 30.5 Å². The van der Waals surface area contributed by atoms with Crippen LogP contribution in [0, 0.1) is 6.92 Å². The largest absolute Gasteiger partial charge is 0.389 e. The lowest BCUT2D eigenvalue weighted by Gasteiger charge is -2.16. The van der Waals surface area contributed by atoms with E-state index in [0.717, 1.165) is 5.56 Å². The lowest BCUT2D eigenvalue weighted by atomic mass is 9.98. The van der Waals surface area contributed by atoms with Gasteiger partial charge in [-0.1, -0.05) is 23.7 Å². The van der Waals surface area contributed by atoms with E-state index >= 15 is 0 Å². The van der Waals surface area contributed by atoms with Crippen molar-refractivity contribution in [3.05, 3.63) is 34.3 Å². The smallest absolute Gasteiger partial charge is 0.324 e. The van der Waals surface area contributed by atoms with Crippen molar-refractivity contribution < 1.29 is 13.2 Å². The van der Waals surface area contributed by atoms with Gasteiger partial charge in [-0.25, -0.2) is 0 Å². The lowest BCUT2D eigenvalue weighted by Crippen LogP contribution is -2.16. The Balaban J connectivity index is 2.73. The molecule has 2 N–H and O–H groups in total. The lowest BCUT2D eigenvalue weighted by molar-refractivity contribution is -0.136. The first-order valence-electron chi connectivity index (χ1n) is 4.88. The third-order valence-electron chi connectivity index (χ3n) is 2.45. The number of rotatable bonds is 3. The SMILES string of the molecule is Cc1c(Cl)cccc1C(N)CCC(F)(F)F. The van der Waals surface area contributed by atoms with Crippen molar-refractivity contribution in [3.63, 3.8) is 0 Å². The van der Waals surface area contributed by atoms with Crippen LogP contribution in [0.15, 0.2) is 18.2 Å². The van der Waals surface area contributed by atoms with E-state index in [2.05, 4.69) is 0 Å². The highest BCUT2D eigenvalue weighted by Crippen LogP contribution is 2.29. The van der Waals surface area contributed by atoms with Crippen LogP contribution in [-0.4, -0.2) is 6.18 Å². The van der Waals surface area contributed by atoms with Gasteiger partial charge < -0.3 is 5.73 Å². The molecule has 0 aliphatic heterocycles. The number of halogens is 4. The van der Waals surface area contributed by atoms with Gasteiger partial charge in [0.05, 0.1) is 0 Å². The highest BCUT2D eigenvalue weighted by molar-refractivity contribution is 6.31. The van der Waals surface area contributed by atoms with Crippen molar-refractivity contribution in [2.75, 3.05) is 0 Å². The van der Waals surface area contributed by atoms with E-state index in [0.29, 0.717) is 10.6 Å². The third-order valence-corrected chi connectivity index (χ3v) is 2.86. The predicted octanol–water partition coefficient (Wildman–Crippen LogP) is 3.99. The quantitative estimate of drug-likeness (QED) is 0.864. The molecule has 5 heteroatoms. The van der Waals surface area contributed by atoms with Crippen LogP contribution < -0.4 is 5.73 Å². The zero-order valence-corrected chi connectivity index (χ0v) is 9.57. The van der Waals surface area contributed by atoms with Crippen LogP contribution >= 0.6 is 11.6 Å². The summed E-state index contributed by atoms with van der Waals surface area (Å²) < 4.78 is 36.1. The maximum atomic E-state index is 12.0. The molecule has 16 heavy (non-hydrogen) atoms. The molecule has 0 aliphatic carbocycles. The molecule has 0 saturated heterocycles. The number of hydrogen-bond acceptors (Lipinski definition) is 1. The molecule has 0 bridgehead atoms. The van der Waals surface area contributed by atoms with E-state index in [4.69, 9.17) is 17.3 Å². The van der Waals surface area contributed by atoms with Crippen LogP contribution in [0.4, 0.5) is 13.2 Å². The van der Waals surface area contributed by atoms with Gasteiger partial charge in [0, 0.05) is 17.5 Å². The standard InChI is InChI=1S/C11H13ClF3N/c1-7-8(3-2-4-9(7)12)10(16)5-6-11(13,14)15/h2-4,10H,5-6,16H2,1H3. The Morgan fingerprint density at radius 3 is 2.56 bits per heavy atom. The minimum absolute atomic E-state index is 0.120. The fraction of sp³-hybridized carbons (Fsp3) is 0.455. The Bertz CT molecular complexity index is 363. The summed E-state index contributed by atoms with van der Waals surface area (Å²) in [5, 5.41) is 0.528. The number of alkyl halides is 3. The van der Waals surface area contributed by atoms with Gasteiger partial charge in [-0.2, -0.15) is 13.2 Å². The molecule has 0 radical (unpaired) electrons. The van der Waals surface area contributed by atoms with Crippen LogP contribution in [0.1, 0.15) is 30.0 Å². The third kappa shape index (κ3) is 3.68. The summed E-state index contributed by atoms with van der Waals surface area (Å²) in [5.74, 6) is 0. The minimum Gasteiger partial charge on any atom is -0.324 e. The molecule has 0 saturated carbocycles. The van der Waals surface area contributed by atoms with E-state index in [1.54, 1.807) is 25.1 Å². The molecule has 0 amide bonds. The van der Waals surface area contributed by atoms with Crippen molar-refractivity contribution in [2.45, 2.75) is 32.0 Å². The second-order valence-electron chi connectivity index (χ2n) is 3.71. The molecule has 1 nitrogen and oxygen atoms in total. The summed E-state index contributed by atoms with van der Waals surface area (Å²) in [6, 6.07) is 4.47. The molecular weight excluding hydrogens is 239 g/mol. The second-order valence-corrected chi connectivity index (χ2v) is 4.12. The minimum atomic E-state index is -4.16. The van der Waals surface area contributed by atoms with Crippen LogP contribution in [-0.2, 0) is 0 Å². The first-order valence-corrected chi connectivity index (χ1v) is 5.26. The zero-order valence-electron chi connectivity index (χ0n) is 8.81. The highest BCUT2D eigenvalue weighted by atomic mass is 35.5. The number of nitrogens with two attached hydrogens (primary N) is 1. The molecular formula is C11H13ClF3N. The molecule has 0 aliphatic rings. The van der Waals surface area contributed by atoms with E-state index in [1.165, 1.54) is 0 Å². The molecule has 0 spiro atoms. The predicted molar refractivity (Wildman–Crippen MR) is 58.4 cm³/mol. The fourth-order valence-corrected chi connectivity index (χ4v) is 1.68. The van der Waals surface area contributed by atoms with Crippen molar-refractivity contribution in [3.8, 4) is 0 Å². The molecule has 90 valence electrons. The van der Waals surface area contributed by atoms with Gasteiger partial charge in [-0.3, -0.25) is 0 Å².